The first-order chi connectivity index (χ1) is 15.8. The van der Waals surface area contributed by atoms with E-state index in [-0.39, 0.29) is 18.2 Å². The van der Waals surface area contributed by atoms with Crippen molar-refractivity contribution in [1.82, 2.24) is 0 Å². The van der Waals surface area contributed by atoms with Crippen molar-refractivity contribution in [3.63, 3.8) is 0 Å². The minimum atomic E-state index is -0.585. The average Bonchev–Trinajstić information content (AvgIpc) is 3.15. The van der Waals surface area contributed by atoms with Crippen molar-refractivity contribution in [1.29, 1.82) is 0 Å². The highest BCUT2D eigenvalue weighted by Crippen LogP contribution is 2.38. The summed E-state index contributed by atoms with van der Waals surface area (Å²) in [5, 5.41) is 1.41. The van der Waals surface area contributed by atoms with Crippen LogP contribution in [0.2, 0.25) is 15.1 Å². The lowest BCUT2D eigenvalue weighted by Gasteiger charge is -2.13. The van der Waals surface area contributed by atoms with Gasteiger partial charge in [-0.25, -0.2) is 9.79 Å². The summed E-state index contributed by atoms with van der Waals surface area (Å²) >= 11 is 20.8. The summed E-state index contributed by atoms with van der Waals surface area (Å²) in [5.74, 6) is 0.369. The van der Waals surface area contributed by atoms with Gasteiger partial charge in [-0.3, -0.25) is 0 Å². The Hall–Kier alpha value is -2.26. The molecule has 1 aliphatic rings. The minimum absolute atomic E-state index is 0.118. The predicted octanol–water partition coefficient (Wildman–Crippen LogP) is 7.18. The van der Waals surface area contributed by atoms with Gasteiger partial charge in [0.05, 0.1) is 22.7 Å². The van der Waals surface area contributed by atoms with E-state index in [1.165, 1.54) is 7.11 Å². The monoisotopic (exact) mass is 613 g/mol. The van der Waals surface area contributed by atoms with E-state index in [1.54, 1.807) is 42.5 Å². The van der Waals surface area contributed by atoms with E-state index in [0.29, 0.717) is 37.7 Å². The molecule has 0 unspecified atom stereocenters. The van der Waals surface area contributed by atoms with E-state index in [1.807, 2.05) is 18.2 Å². The van der Waals surface area contributed by atoms with E-state index >= 15 is 0 Å². The van der Waals surface area contributed by atoms with Gasteiger partial charge in [0.1, 0.15) is 6.61 Å². The van der Waals surface area contributed by atoms with Crippen molar-refractivity contribution in [2.75, 3.05) is 7.11 Å². The Bertz CT molecular complexity index is 1290. The molecule has 3 aromatic carbocycles. The molecule has 0 saturated carbocycles. The number of methoxy groups -OCH3 is 1. The fraction of sp³-hybridized carbons (Fsp3) is 0.0833. The number of esters is 1. The molecule has 9 heteroatoms. The van der Waals surface area contributed by atoms with Gasteiger partial charge < -0.3 is 14.2 Å². The molecule has 168 valence electrons. The maximum Gasteiger partial charge on any atom is 0.363 e. The largest absolute Gasteiger partial charge is 0.493 e. The summed E-state index contributed by atoms with van der Waals surface area (Å²) in [4.78, 5) is 16.7. The molecule has 0 atom stereocenters. The number of hydrogen-bond donors (Lipinski definition) is 0. The van der Waals surface area contributed by atoms with Gasteiger partial charge in [-0.1, -0.05) is 46.9 Å². The van der Waals surface area contributed by atoms with Gasteiger partial charge in [-0.2, -0.15) is 0 Å². The lowest BCUT2D eigenvalue weighted by molar-refractivity contribution is -0.129. The standard InChI is InChI=1S/C24H15Cl3INO4/c1-31-21-10-14(8-19(27)22(21)32-12-13-2-4-15(25)5-3-13)9-20-24(30)33-23(29-20)17-11-16(28)6-7-18(17)26/h2-11H,12H2,1H3/b20-9-. The normalized spacial score (nSPS) is 14.3. The SMILES string of the molecule is COc1cc(/C=C2\N=C(c3cc(I)ccc3Cl)OC2=O)cc(Cl)c1OCc1ccc(Cl)cc1. The second-order valence-electron chi connectivity index (χ2n) is 6.91. The van der Waals surface area contributed by atoms with Gasteiger partial charge in [0.15, 0.2) is 17.2 Å². The summed E-state index contributed by atoms with van der Waals surface area (Å²) in [6.45, 7) is 0.282. The zero-order valence-electron chi connectivity index (χ0n) is 17.1. The Morgan fingerprint density at radius 3 is 2.52 bits per heavy atom. The molecule has 0 saturated heterocycles. The number of nitrogens with zero attached hydrogens (tertiary/aromatic N) is 1. The topological polar surface area (TPSA) is 57.1 Å². The number of hydrogen-bond acceptors (Lipinski definition) is 5. The van der Waals surface area contributed by atoms with Crippen LogP contribution in [0.15, 0.2) is 65.3 Å². The maximum absolute atomic E-state index is 12.4. The van der Waals surface area contributed by atoms with Gasteiger partial charge in [0, 0.05) is 8.59 Å². The highest BCUT2D eigenvalue weighted by Gasteiger charge is 2.26. The number of ether oxygens (including phenoxy) is 3. The molecule has 0 amide bonds. The molecular weight excluding hydrogens is 600 g/mol. The number of benzene rings is 3. The lowest BCUT2D eigenvalue weighted by Crippen LogP contribution is -2.06. The molecule has 4 rings (SSSR count). The third-order valence-electron chi connectivity index (χ3n) is 4.63. The molecule has 0 aromatic heterocycles. The molecule has 0 N–H and O–H groups in total. The number of aliphatic imine (C=N–C) groups is 1. The molecule has 1 heterocycles. The smallest absolute Gasteiger partial charge is 0.363 e. The lowest BCUT2D eigenvalue weighted by atomic mass is 10.1. The van der Waals surface area contributed by atoms with Crippen molar-refractivity contribution >= 4 is 75.3 Å². The van der Waals surface area contributed by atoms with Crippen molar-refractivity contribution in [3.05, 3.63) is 95.6 Å². The second kappa shape index (κ2) is 10.3. The number of halogens is 4. The predicted molar refractivity (Wildman–Crippen MR) is 139 cm³/mol. The van der Waals surface area contributed by atoms with Crippen LogP contribution in [0.4, 0.5) is 0 Å². The summed E-state index contributed by atoms with van der Waals surface area (Å²) in [5.41, 5.74) is 2.18. The Kier molecular flexibility index (Phi) is 7.48. The first-order valence-electron chi connectivity index (χ1n) is 9.57. The van der Waals surface area contributed by atoms with Crippen LogP contribution in [-0.2, 0) is 16.1 Å². The van der Waals surface area contributed by atoms with E-state index in [2.05, 4.69) is 27.6 Å². The molecule has 0 bridgehead atoms. The van der Waals surface area contributed by atoms with Crippen LogP contribution in [0, 0.1) is 3.57 Å². The second-order valence-corrected chi connectivity index (χ2v) is 9.41. The van der Waals surface area contributed by atoms with Gasteiger partial charge >= 0.3 is 5.97 Å². The van der Waals surface area contributed by atoms with Crippen LogP contribution in [0.3, 0.4) is 0 Å². The molecule has 3 aromatic rings. The third-order valence-corrected chi connectivity index (χ3v) is 6.16. The highest BCUT2D eigenvalue weighted by atomic mass is 127. The molecule has 33 heavy (non-hydrogen) atoms. The third kappa shape index (κ3) is 5.63. The fourth-order valence-electron chi connectivity index (χ4n) is 3.04. The van der Waals surface area contributed by atoms with Crippen LogP contribution in [0.5, 0.6) is 11.5 Å². The van der Waals surface area contributed by atoms with Gasteiger partial charge in [-0.15, -0.1) is 0 Å². The van der Waals surface area contributed by atoms with Crippen molar-refractivity contribution < 1.29 is 19.0 Å². The van der Waals surface area contributed by atoms with E-state index in [9.17, 15) is 4.79 Å². The average molecular weight is 615 g/mol. The van der Waals surface area contributed by atoms with Gasteiger partial charge in [0.25, 0.3) is 0 Å². The number of cyclic esters (lactones) is 1. The molecule has 0 fully saturated rings. The first kappa shape index (κ1) is 23.9. The molecule has 0 spiro atoms. The molecule has 5 nitrogen and oxygen atoms in total. The maximum atomic E-state index is 12.4. The minimum Gasteiger partial charge on any atom is -0.493 e. The van der Waals surface area contributed by atoms with Gasteiger partial charge in [0.2, 0.25) is 5.90 Å². The van der Waals surface area contributed by atoms with Crippen LogP contribution >= 0.6 is 57.4 Å². The summed E-state index contributed by atoms with van der Waals surface area (Å²) in [7, 11) is 1.51. The number of rotatable bonds is 6. The first-order valence-corrected chi connectivity index (χ1v) is 11.8. The quantitative estimate of drug-likeness (QED) is 0.168. The van der Waals surface area contributed by atoms with E-state index in [4.69, 9.17) is 49.0 Å². The Labute approximate surface area is 219 Å². The van der Waals surface area contributed by atoms with Crippen molar-refractivity contribution in [3.8, 4) is 11.5 Å². The highest BCUT2D eigenvalue weighted by molar-refractivity contribution is 14.1. The van der Waals surface area contributed by atoms with Crippen LogP contribution < -0.4 is 9.47 Å². The van der Waals surface area contributed by atoms with Gasteiger partial charge in [-0.05, 0) is 82.3 Å². The zero-order valence-corrected chi connectivity index (χ0v) is 21.5. The Morgan fingerprint density at radius 1 is 1.03 bits per heavy atom. The number of carbonyl (C=O) groups is 1. The summed E-state index contributed by atoms with van der Waals surface area (Å²) in [6.07, 6.45) is 1.56. The van der Waals surface area contributed by atoms with Crippen LogP contribution in [0.1, 0.15) is 16.7 Å². The van der Waals surface area contributed by atoms with E-state index in [0.717, 1.165) is 9.13 Å². The Morgan fingerprint density at radius 2 is 1.79 bits per heavy atom. The van der Waals surface area contributed by atoms with Crippen molar-refractivity contribution in [2.24, 2.45) is 4.99 Å². The molecule has 1 aliphatic heterocycles. The Balaban J connectivity index is 1.60. The van der Waals surface area contributed by atoms with Crippen LogP contribution in [0.25, 0.3) is 6.08 Å². The molecular formula is C24H15Cl3INO4. The van der Waals surface area contributed by atoms with E-state index < -0.39 is 5.97 Å². The molecule has 0 aliphatic carbocycles. The van der Waals surface area contributed by atoms with Crippen LogP contribution in [-0.4, -0.2) is 19.0 Å². The summed E-state index contributed by atoms with van der Waals surface area (Å²) in [6, 6.07) is 16.0. The fourth-order valence-corrected chi connectivity index (χ4v) is 4.13. The zero-order chi connectivity index (χ0) is 23.5. The summed E-state index contributed by atoms with van der Waals surface area (Å²) < 4.78 is 17.6. The molecule has 0 radical (unpaired) electrons. The number of carbonyl (C=O) groups excluding carboxylic acids is 1. The van der Waals surface area contributed by atoms with Crippen molar-refractivity contribution in [2.45, 2.75) is 6.61 Å².